The lowest BCUT2D eigenvalue weighted by Crippen LogP contribution is -2.23. The van der Waals surface area contributed by atoms with Crippen LogP contribution in [-0.4, -0.2) is 54.5 Å². The smallest absolute Gasteiger partial charge is 0.200 e. The molecule has 3 rings (SSSR count). The number of anilines is 1. The number of hydrogen-bond donors (Lipinski definition) is 0. The van der Waals surface area contributed by atoms with Crippen LogP contribution >= 0.6 is 0 Å². The second kappa shape index (κ2) is 25.7. The van der Waals surface area contributed by atoms with Crippen molar-refractivity contribution in [3.05, 3.63) is 101 Å². The maximum atomic E-state index is 4.78. The quantitative estimate of drug-likeness (QED) is 0.0668. The number of hydrogen-bond acceptors (Lipinski definition) is 2. The van der Waals surface area contributed by atoms with Gasteiger partial charge in [0.25, 0.3) is 0 Å². The van der Waals surface area contributed by atoms with Gasteiger partial charge in [0.05, 0.1) is 0 Å². The fourth-order valence-electron chi connectivity index (χ4n) is 8.32. The minimum Gasteiger partial charge on any atom is -0.372 e. The molecule has 2 aromatic carbocycles. The number of unbranched alkanes of at least 4 members (excludes halogenated alkanes) is 15. The van der Waals surface area contributed by atoms with E-state index >= 15 is 0 Å². The molecular formula is C51H80N3+. The third-order valence-electron chi connectivity index (χ3n) is 11.8. The standard InChI is InChI=1S/C51H80N3/c1-10-16-17-18-19-20-21-22-23-24-25-26-27-28-29-32-39-54(15-6)44(9)49-33-30-31-34-50(49)51(47-37-35-45(40-42(47)7)52(11-2)12-3)48-38-36-46(41-43(48)8)53(13-4)14-5/h30-31,33-38,40-41H,9-29,32,39H2,1-8H3/q+1. The number of nitrogens with zero attached hydrogens (tertiary/aromatic N) is 3. The van der Waals surface area contributed by atoms with E-state index in [2.05, 4.69) is 130 Å². The molecule has 0 amide bonds. The Morgan fingerprint density at radius 2 is 1.13 bits per heavy atom. The van der Waals surface area contributed by atoms with Gasteiger partial charge in [-0.1, -0.05) is 140 Å². The van der Waals surface area contributed by atoms with Gasteiger partial charge in [-0.25, -0.2) is 4.58 Å². The zero-order valence-corrected chi connectivity index (χ0v) is 36.4. The highest BCUT2D eigenvalue weighted by Crippen LogP contribution is 2.39. The van der Waals surface area contributed by atoms with Crippen LogP contribution in [0.15, 0.2) is 78.4 Å². The molecule has 2 aromatic rings. The van der Waals surface area contributed by atoms with Crippen molar-refractivity contribution in [3.8, 4) is 0 Å². The molecule has 298 valence electrons. The molecule has 0 fully saturated rings. The van der Waals surface area contributed by atoms with Gasteiger partial charge in [-0.2, -0.15) is 0 Å². The van der Waals surface area contributed by atoms with E-state index in [0.717, 1.165) is 45.0 Å². The van der Waals surface area contributed by atoms with Crippen LogP contribution in [0.4, 0.5) is 5.69 Å². The van der Waals surface area contributed by atoms with Crippen LogP contribution < -0.4 is 4.90 Å². The molecule has 3 nitrogen and oxygen atoms in total. The fourth-order valence-corrected chi connectivity index (χ4v) is 8.32. The van der Waals surface area contributed by atoms with E-state index < -0.39 is 0 Å². The highest BCUT2D eigenvalue weighted by atomic mass is 15.1. The van der Waals surface area contributed by atoms with Gasteiger partial charge >= 0.3 is 0 Å². The van der Waals surface area contributed by atoms with Crippen molar-refractivity contribution >= 4 is 22.7 Å². The van der Waals surface area contributed by atoms with Crippen LogP contribution in [0.2, 0.25) is 0 Å². The SMILES string of the molecule is C=C(c1ccccc1/C(=C1\C=CC(=[N+](CC)CC)C=C1C)c1ccc(N(CC)CC)cc1C)N(CC)CCCCCCCCCCCCCCCCCC. The van der Waals surface area contributed by atoms with Gasteiger partial charge in [0.2, 0.25) is 0 Å². The average molecular weight is 735 g/mol. The second-order valence-corrected chi connectivity index (χ2v) is 15.6. The molecule has 1 aliphatic rings. The van der Waals surface area contributed by atoms with Crippen LogP contribution in [0.1, 0.15) is 173 Å². The lowest BCUT2D eigenvalue weighted by molar-refractivity contribution is -0.519. The molecule has 54 heavy (non-hydrogen) atoms. The van der Waals surface area contributed by atoms with Gasteiger partial charge in [0.15, 0.2) is 5.71 Å². The first-order valence-corrected chi connectivity index (χ1v) is 22.5. The first kappa shape index (κ1) is 45.1. The Labute approximate surface area is 334 Å². The van der Waals surface area contributed by atoms with Gasteiger partial charge in [0, 0.05) is 55.3 Å². The molecule has 0 atom stereocenters. The number of benzene rings is 2. The van der Waals surface area contributed by atoms with Crippen molar-refractivity contribution in [2.24, 2.45) is 0 Å². The summed E-state index contributed by atoms with van der Waals surface area (Å²) in [7, 11) is 0. The molecule has 0 unspecified atom stereocenters. The van der Waals surface area contributed by atoms with Gasteiger partial charge < -0.3 is 9.80 Å². The van der Waals surface area contributed by atoms with Gasteiger partial charge in [-0.15, -0.1) is 0 Å². The summed E-state index contributed by atoms with van der Waals surface area (Å²) in [5.74, 6) is 0. The molecule has 0 aromatic heterocycles. The summed E-state index contributed by atoms with van der Waals surface area (Å²) in [6.07, 6.45) is 29.5. The van der Waals surface area contributed by atoms with E-state index in [-0.39, 0.29) is 0 Å². The Hall–Kier alpha value is -3.33. The fraction of sp³-hybridized carbons (Fsp3) is 0.588. The average Bonchev–Trinajstić information content (AvgIpc) is 3.18. The highest BCUT2D eigenvalue weighted by Gasteiger charge is 2.23. The molecule has 0 saturated heterocycles. The summed E-state index contributed by atoms with van der Waals surface area (Å²) in [5, 5.41) is 0. The van der Waals surface area contributed by atoms with Crippen molar-refractivity contribution < 1.29 is 4.58 Å². The normalized spacial score (nSPS) is 13.6. The zero-order chi connectivity index (χ0) is 39.1. The summed E-state index contributed by atoms with van der Waals surface area (Å²) in [5.41, 5.74) is 12.8. The van der Waals surface area contributed by atoms with Crippen molar-refractivity contribution in [1.82, 2.24) is 4.90 Å². The third-order valence-corrected chi connectivity index (χ3v) is 11.8. The number of rotatable bonds is 27. The Morgan fingerprint density at radius 1 is 0.593 bits per heavy atom. The van der Waals surface area contributed by atoms with E-state index in [1.807, 2.05) is 0 Å². The van der Waals surface area contributed by atoms with Gasteiger partial charge in [0.1, 0.15) is 13.1 Å². The maximum Gasteiger partial charge on any atom is 0.200 e. The third kappa shape index (κ3) is 13.8. The molecule has 0 saturated carbocycles. The molecule has 0 N–H and O–H groups in total. The van der Waals surface area contributed by atoms with Gasteiger partial charge in [-0.3, -0.25) is 0 Å². The molecule has 0 bridgehead atoms. The topological polar surface area (TPSA) is 9.49 Å². The molecule has 0 spiro atoms. The molecule has 1 aliphatic carbocycles. The lowest BCUT2D eigenvalue weighted by atomic mass is 9.83. The van der Waals surface area contributed by atoms with Crippen molar-refractivity contribution in [2.45, 2.75) is 158 Å². The Bertz CT molecular complexity index is 1530. The van der Waals surface area contributed by atoms with Crippen molar-refractivity contribution in [3.63, 3.8) is 0 Å². The summed E-state index contributed by atoms with van der Waals surface area (Å²) < 4.78 is 2.44. The first-order valence-electron chi connectivity index (χ1n) is 22.5. The van der Waals surface area contributed by atoms with Crippen molar-refractivity contribution in [2.75, 3.05) is 44.2 Å². The monoisotopic (exact) mass is 735 g/mol. The summed E-state index contributed by atoms with van der Waals surface area (Å²) in [6, 6.07) is 16.1. The Kier molecular flexibility index (Phi) is 21.4. The summed E-state index contributed by atoms with van der Waals surface area (Å²) >= 11 is 0. The largest absolute Gasteiger partial charge is 0.372 e. The molecule has 0 heterocycles. The molecule has 3 heteroatoms. The van der Waals surface area contributed by atoms with Gasteiger partial charge in [-0.05, 0) is 107 Å². The Morgan fingerprint density at radius 3 is 1.61 bits per heavy atom. The zero-order valence-electron chi connectivity index (χ0n) is 36.4. The van der Waals surface area contributed by atoms with E-state index in [9.17, 15) is 0 Å². The lowest BCUT2D eigenvalue weighted by Gasteiger charge is -2.29. The molecule has 0 aliphatic heterocycles. The predicted molar refractivity (Wildman–Crippen MR) is 242 cm³/mol. The summed E-state index contributed by atoms with van der Waals surface area (Å²) in [6.45, 7) is 29.0. The van der Waals surface area contributed by atoms with E-state index in [0.29, 0.717) is 0 Å². The second-order valence-electron chi connectivity index (χ2n) is 15.6. The van der Waals surface area contributed by atoms with Crippen molar-refractivity contribution in [1.29, 1.82) is 0 Å². The van der Waals surface area contributed by atoms with Crippen LogP contribution in [0, 0.1) is 6.92 Å². The minimum absolute atomic E-state index is 0.969. The number of aryl methyl sites for hydroxylation is 1. The first-order chi connectivity index (χ1) is 26.3. The van der Waals surface area contributed by atoms with Crippen LogP contribution in [0.5, 0.6) is 0 Å². The summed E-state index contributed by atoms with van der Waals surface area (Å²) in [4.78, 5) is 4.96. The number of allylic oxidation sites excluding steroid dienone is 5. The van der Waals surface area contributed by atoms with Crippen LogP contribution in [0.25, 0.3) is 11.3 Å². The molecule has 0 radical (unpaired) electrons. The molecular weight excluding hydrogens is 655 g/mol. The minimum atomic E-state index is 0.969. The predicted octanol–water partition coefficient (Wildman–Crippen LogP) is 14.2. The van der Waals surface area contributed by atoms with E-state index in [1.54, 1.807) is 0 Å². The van der Waals surface area contributed by atoms with E-state index in [1.165, 1.54) is 153 Å². The Balaban J connectivity index is 1.72. The maximum absolute atomic E-state index is 4.78. The highest BCUT2D eigenvalue weighted by molar-refractivity contribution is 6.05. The van der Waals surface area contributed by atoms with E-state index in [4.69, 9.17) is 6.58 Å². The van der Waals surface area contributed by atoms with Crippen LogP contribution in [-0.2, 0) is 0 Å². The van der Waals surface area contributed by atoms with Crippen LogP contribution in [0.3, 0.4) is 0 Å².